The Morgan fingerprint density at radius 3 is 2.51 bits per heavy atom. The lowest BCUT2D eigenvalue weighted by Gasteiger charge is -2.36. The molecule has 2 fully saturated rings. The van der Waals surface area contributed by atoms with E-state index in [0.29, 0.717) is 44.2 Å². The number of hydrogen-bond donors (Lipinski definition) is 1. The zero-order valence-corrected chi connectivity index (χ0v) is 24.2. The fraction of sp³-hybridized carbons (Fsp3) is 0.379. The van der Waals surface area contributed by atoms with Gasteiger partial charge >= 0.3 is 0 Å². The third kappa shape index (κ3) is 6.77. The van der Waals surface area contributed by atoms with Crippen molar-refractivity contribution in [2.24, 2.45) is 0 Å². The van der Waals surface area contributed by atoms with Crippen LogP contribution in [0.4, 0.5) is 15.8 Å². The summed E-state index contributed by atoms with van der Waals surface area (Å²) in [5.74, 6) is -0.439. The number of anilines is 2. The highest BCUT2D eigenvalue weighted by atomic mass is 32.2. The Balaban J connectivity index is 1.32. The van der Waals surface area contributed by atoms with Crippen LogP contribution in [0.2, 0.25) is 0 Å². The number of allylic oxidation sites excluding steroid dienone is 1. The summed E-state index contributed by atoms with van der Waals surface area (Å²) in [6.07, 6.45) is 3.03. The molecule has 0 aliphatic carbocycles. The van der Waals surface area contributed by atoms with Crippen molar-refractivity contribution < 1.29 is 22.3 Å². The molecule has 4 heterocycles. The number of aromatic nitrogens is 2. The summed E-state index contributed by atoms with van der Waals surface area (Å²) < 4.78 is 55.4. The van der Waals surface area contributed by atoms with E-state index >= 15 is 4.39 Å². The summed E-state index contributed by atoms with van der Waals surface area (Å²) in [5, 5.41) is 0. The van der Waals surface area contributed by atoms with Crippen LogP contribution in [-0.2, 0) is 21.3 Å². The van der Waals surface area contributed by atoms with Crippen molar-refractivity contribution in [3.05, 3.63) is 72.4 Å². The molecule has 2 aliphatic heterocycles. The Bertz CT molecular complexity index is 1500. The first-order valence-electron chi connectivity index (χ1n) is 13.5. The van der Waals surface area contributed by atoms with Crippen LogP contribution in [0, 0.1) is 5.82 Å². The predicted octanol–water partition coefficient (Wildman–Crippen LogP) is 3.58. The second-order valence-corrected chi connectivity index (χ2v) is 11.8. The number of sulfonamides is 1. The Kier molecular flexibility index (Phi) is 8.71. The van der Waals surface area contributed by atoms with E-state index in [1.807, 2.05) is 17.9 Å². The molecule has 0 bridgehead atoms. The Hall–Kier alpha value is -3.74. The van der Waals surface area contributed by atoms with E-state index in [-0.39, 0.29) is 22.0 Å². The molecular formula is C29H35FN6O4S. The van der Waals surface area contributed by atoms with Gasteiger partial charge in [-0.1, -0.05) is 12.6 Å². The molecule has 2 aliphatic rings. The Morgan fingerprint density at radius 1 is 1.07 bits per heavy atom. The van der Waals surface area contributed by atoms with Gasteiger partial charge in [-0.3, -0.25) is 14.6 Å². The normalized spacial score (nSPS) is 16.5. The average molecular weight is 583 g/mol. The Morgan fingerprint density at radius 2 is 1.83 bits per heavy atom. The number of benzene rings is 1. The minimum Gasteiger partial charge on any atom is -0.480 e. The van der Waals surface area contributed by atoms with Gasteiger partial charge in [0.05, 0.1) is 43.6 Å². The second-order valence-electron chi connectivity index (χ2n) is 10.1. The number of rotatable bonds is 9. The van der Waals surface area contributed by atoms with Crippen molar-refractivity contribution in [3.63, 3.8) is 0 Å². The zero-order valence-electron chi connectivity index (χ0n) is 23.3. The fourth-order valence-electron chi connectivity index (χ4n) is 5.02. The number of nitrogens with one attached hydrogen (secondary N) is 1. The standard InChI is InChI=1S/C29H35FN6O4S/c1-21(2)35-10-8-34(9-11-35)20-22-4-5-25(26(30)16-22)27-17-23(6-7-31-27)33-41(37,38)28-18-24(19-32-29(28)39-3)36-12-14-40-15-13-36/h4-7,16-19H,1,8-15,20H2,2-3H3,(H,31,33). The molecule has 10 nitrogen and oxygen atoms in total. The largest absolute Gasteiger partial charge is 0.480 e. The second kappa shape index (κ2) is 12.4. The molecule has 0 saturated carbocycles. The molecule has 41 heavy (non-hydrogen) atoms. The zero-order chi connectivity index (χ0) is 29.0. The van der Waals surface area contributed by atoms with E-state index in [1.165, 1.54) is 31.5 Å². The third-order valence-corrected chi connectivity index (χ3v) is 8.68. The van der Waals surface area contributed by atoms with Crippen LogP contribution in [0.5, 0.6) is 5.88 Å². The van der Waals surface area contributed by atoms with Gasteiger partial charge in [0.2, 0.25) is 5.88 Å². The Labute approximate surface area is 240 Å². The molecule has 0 radical (unpaired) electrons. The van der Waals surface area contributed by atoms with Crippen molar-refractivity contribution >= 4 is 21.4 Å². The van der Waals surface area contributed by atoms with Gasteiger partial charge in [0.1, 0.15) is 5.82 Å². The lowest BCUT2D eigenvalue weighted by Crippen LogP contribution is -2.44. The van der Waals surface area contributed by atoms with Crippen molar-refractivity contribution in [3.8, 4) is 17.1 Å². The number of piperazine rings is 1. The molecular weight excluding hydrogens is 547 g/mol. The average Bonchev–Trinajstić information content (AvgIpc) is 2.97. The summed E-state index contributed by atoms with van der Waals surface area (Å²) in [6, 6.07) is 9.66. The first-order valence-corrected chi connectivity index (χ1v) is 15.0. The third-order valence-electron chi connectivity index (χ3n) is 7.30. The first kappa shape index (κ1) is 28.8. The van der Waals surface area contributed by atoms with Crippen LogP contribution >= 0.6 is 0 Å². The number of pyridine rings is 2. The van der Waals surface area contributed by atoms with Crippen LogP contribution in [0.25, 0.3) is 11.3 Å². The van der Waals surface area contributed by atoms with Gasteiger partial charge in [0.25, 0.3) is 10.0 Å². The minimum absolute atomic E-state index is 0.0218. The molecule has 1 aromatic carbocycles. The highest BCUT2D eigenvalue weighted by molar-refractivity contribution is 7.92. The van der Waals surface area contributed by atoms with Crippen LogP contribution < -0.4 is 14.4 Å². The van der Waals surface area contributed by atoms with E-state index in [1.54, 1.807) is 18.3 Å². The molecule has 2 saturated heterocycles. The van der Waals surface area contributed by atoms with E-state index < -0.39 is 15.8 Å². The molecule has 218 valence electrons. The number of nitrogens with zero attached hydrogens (tertiary/aromatic N) is 5. The van der Waals surface area contributed by atoms with Crippen LogP contribution in [-0.4, -0.2) is 87.8 Å². The van der Waals surface area contributed by atoms with Gasteiger partial charge < -0.3 is 19.3 Å². The predicted molar refractivity (Wildman–Crippen MR) is 156 cm³/mol. The van der Waals surface area contributed by atoms with Gasteiger partial charge in [-0.15, -0.1) is 0 Å². The van der Waals surface area contributed by atoms with Crippen molar-refractivity contribution in [2.45, 2.75) is 18.4 Å². The van der Waals surface area contributed by atoms with Gasteiger partial charge in [0.15, 0.2) is 4.90 Å². The van der Waals surface area contributed by atoms with Crippen molar-refractivity contribution in [2.75, 3.05) is 69.2 Å². The van der Waals surface area contributed by atoms with Crippen molar-refractivity contribution in [1.82, 2.24) is 19.8 Å². The number of halogens is 1. The number of methoxy groups -OCH3 is 1. The number of hydrogen-bond acceptors (Lipinski definition) is 9. The van der Waals surface area contributed by atoms with Crippen LogP contribution in [0.3, 0.4) is 0 Å². The van der Waals surface area contributed by atoms with Crippen molar-refractivity contribution in [1.29, 1.82) is 0 Å². The van der Waals surface area contributed by atoms with E-state index in [2.05, 4.69) is 31.1 Å². The highest BCUT2D eigenvalue weighted by Crippen LogP contribution is 2.30. The molecule has 2 aromatic heterocycles. The quantitative estimate of drug-likeness (QED) is 0.406. The monoisotopic (exact) mass is 582 g/mol. The maximum atomic E-state index is 15.3. The molecule has 0 amide bonds. The van der Waals surface area contributed by atoms with E-state index in [0.717, 1.165) is 37.4 Å². The minimum atomic E-state index is -4.09. The molecule has 0 atom stereocenters. The van der Waals surface area contributed by atoms with Gasteiger partial charge in [0, 0.05) is 63.3 Å². The fourth-order valence-corrected chi connectivity index (χ4v) is 6.21. The molecule has 0 spiro atoms. The van der Waals surface area contributed by atoms with E-state index in [9.17, 15) is 8.42 Å². The SMILES string of the molecule is C=C(C)N1CCN(Cc2ccc(-c3cc(NS(=O)(=O)c4cc(N5CCOCC5)cnc4OC)ccn3)c(F)c2)CC1. The van der Waals surface area contributed by atoms with Crippen LogP contribution in [0.1, 0.15) is 12.5 Å². The first-order chi connectivity index (χ1) is 19.7. The van der Waals surface area contributed by atoms with E-state index in [4.69, 9.17) is 9.47 Å². The molecule has 3 aromatic rings. The van der Waals surface area contributed by atoms with Crippen LogP contribution in [0.15, 0.2) is 66.0 Å². The molecule has 5 rings (SSSR count). The molecule has 0 unspecified atom stereocenters. The topological polar surface area (TPSA) is 100 Å². The smallest absolute Gasteiger partial charge is 0.267 e. The lowest BCUT2D eigenvalue weighted by atomic mass is 10.1. The molecule has 1 N–H and O–H groups in total. The maximum Gasteiger partial charge on any atom is 0.267 e. The summed E-state index contributed by atoms with van der Waals surface area (Å²) in [7, 11) is -2.72. The van der Waals surface area contributed by atoms with Gasteiger partial charge in [-0.05, 0) is 42.8 Å². The summed E-state index contributed by atoms with van der Waals surface area (Å²) >= 11 is 0. The summed E-state index contributed by atoms with van der Waals surface area (Å²) in [4.78, 5) is 15.0. The summed E-state index contributed by atoms with van der Waals surface area (Å²) in [6.45, 7) is 12.6. The lowest BCUT2D eigenvalue weighted by molar-refractivity contribution is 0.122. The maximum absolute atomic E-state index is 15.3. The summed E-state index contributed by atoms with van der Waals surface area (Å²) in [5.41, 5.74) is 3.44. The number of ether oxygens (including phenoxy) is 2. The van der Waals surface area contributed by atoms with Gasteiger partial charge in [-0.2, -0.15) is 0 Å². The van der Waals surface area contributed by atoms with Gasteiger partial charge in [-0.25, -0.2) is 17.8 Å². The molecule has 12 heteroatoms. The highest BCUT2D eigenvalue weighted by Gasteiger charge is 2.24. The number of morpholine rings is 1.